The molecule has 98 valence electrons. The molecule has 19 heavy (non-hydrogen) atoms. The predicted octanol–water partition coefficient (Wildman–Crippen LogP) is 4.54. The van der Waals surface area contributed by atoms with Crippen molar-refractivity contribution in [3.8, 4) is 0 Å². The highest BCUT2D eigenvalue weighted by Crippen LogP contribution is 2.18. The first-order valence-electron chi connectivity index (χ1n) is 5.85. The number of amides is 1. The minimum absolute atomic E-state index is 0.00614. The summed E-state index contributed by atoms with van der Waals surface area (Å²) in [5.74, 6) is 0.00614. The number of rotatable bonds is 3. The Bertz CT molecular complexity index is 596. The number of halogens is 2. The van der Waals surface area contributed by atoms with E-state index in [2.05, 4.69) is 49.9 Å². The van der Waals surface area contributed by atoms with Crippen LogP contribution in [-0.4, -0.2) is 5.91 Å². The van der Waals surface area contributed by atoms with Crippen molar-refractivity contribution in [1.82, 2.24) is 0 Å². The Kier molecular flexibility index (Phi) is 4.99. The quantitative estimate of drug-likeness (QED) is 0.713. The highest BCUT2D eigenvalue weighted by atomic mass is 127. The van der Waals surface area contributed by atoms with Crippen molar-refractivity contribution in [3.63, 3.8) is 0 Å². The summed E-state index contributed by atoms with van der Waals surface area (Å²) >= 11 is 5.64. The van der Waals surface area contributed by atoms with E-state index in [4.69, 9.17) is 0 Å². The molecule has 0 fully saturated rings. The molecule has 0 saturated heterocycles. The van der Waals surface area contributed by atoms with Crippen LogP contribution in [0.1, 0.15) is 11.1 Å². The summed E-state index contributed by atoms with van der Waals surface area (Å²) in [4.78, 5) is 12.0. The minimum Gasteiger partial charge on any atom is -0.326 e. The standard InChI is InChI=1S/C15H13BrINO/c1-10-8-13(17)6-7-14(10)18-15(19)9-11-2-4-12(16)5-3-11/h2-8H,9H2,1H3,(H,18,19). The van der Waals surface area contributed by atoms with Crippen LogP contribution < -0.4 is 5.32 Å². The van der Waals surface area contributed by atoms with E-state index in [-0.39, 0.29) is 5.91 Å². The second kappa shape index (κ2) is 6.52. The molecule has 2 aromatic carbocycles. The van der Waals surface area contributed by atoms with Crippen LogP contribution in [0.3, 0.4) is 0 Å². The van der Waals surface area contributed by atoms with Gasteiger partial charge in [0.25, 0.3) is 0 Å². The molecule has 0 spiro atoms. The van der Waals surface area contributed by atoms with Gasteiger partial charge in [0.05, 0.1) is 6.42 Å². The predicted molar refractivity (Wildman–Crippen MR) is 90.4 cm³/mol. The van der Waals surface area contributed by atoms with E-state index in [9.17, 15) is 4.79 Å². The Labute approximate surface area is 134 Å². The van der Waals surface area contributed by atoms with Crippen molar-refractivity contribution in [2.24, 2.45) is 0 Å². The zero-order valence-corrected chi connectivity index (χ0v) is 14.2. The number of nitrogens with one attached hydrogen (secondary N) is 1. The van der Waals surface area contributed by atoms with Crippen LogP contribution in [0.5, 0.6) is 0 Å². The number of hydrogen-bond donors (Lipinski definition) is 1. The summed E-state index contributed by atoms with van der Waals surface area (Å²) in [7, 11) is 0. The molecule has 0 atom stereocenters. The first kappa shape index (κ1) is 14.5. The zero-order valence-electron chi connectivity index (χ0n) is 10.4. The molecule has 2 nitrogen and oxygen atoms in total. The number of hydrogen-bond acceptors (Lipinski definition) is 1. The maximum absolute atomic E-state index is 12.0. The lowest BCUT2D eigenvalue weighted by Gasteiger charge is -2.09. The first-order chi connectivity index (χ1) is 9.04. The molecule has 1 amide bonds. The van der Waals surface area contributed by atoms with Crippen molar-refractivity contribution in [2.75, 3.05) is 5.32 Å². The van der Waals surface area contributed by atoms with Crippen LogP contribution >= 0.6 is 38.5 Å². The van der Waals surface area contributed by atoms with Gasteiger partial charge in [0.15, 0.2) is 0 Å². The molecule has 2 aromatic rings. The van der Waals surface area contributed by atoms with Crippen LogP contribution in [0.15, 0.2) is 46.9 Å². The van der Waals surface area contributed by atoms with E-state index in [1.165, 1.54) is 3.57 Å². The smallest absolute Gasteiger partial charge is 0.228 e. The van der Waals surface area contributed by atoms with Crippen molar-refractivity contribution >= 4 is 50.1 Å². The van der Waals surface area contributed by atoms with Crippen molar-refractivity contribution in [2.45, 2.75) is 13.3 Å². The summed E-state index contributed by atoms with van der Waals surface area (Å²) in [6.45, 7) is 2.00. The van der Waals surface area contributed by atoms with Crippen LogP contribution in [0.25, 0.3) is 0 Å². The first-order valence-corrected chi connectivity index (χ1v) is 7.72. The van der Waals surface area contributed by atoms with Gasteiger partial charge in [-0.1, -0.05) is 28.1 Å². The minimum atomic E-state index is 0.00614. The number of aryl methyl sites for hydroxylation is 1. The summed E-state index contributed by atoms with van der Waals surface area (Å²) in [5.41, 5.74) is 2.96. The Morgan fingerprint density at radius 1 is 1.21 bits per heavy atom. The Morgan fingerprint density at radius 2 is 1.89 bits per heavy atom. The van der Waals surface area contributed by atoms with E-state index in [1.54, 1.807) is 0 Å². The molecule has 0 radical (unpaired) electrons. The lowest BCUT2D eigenvalue weighted by molar-refractivity contribution is -0.115. The maximum atomic E-state index is 12.0. The Morgan fingerprint density at radius 3 is 2.53 bits per heavy atom. The normalized spacial score (nSPS) is 10.3. The van der Waals surface area contributed by atoms with E-state index in [1.807, 2.05) is 43.3 Å². The number of carbonyl (C=O) groups is 1. The topological polar surface area (TPSA) is 29.1 Å². The largest absolute Gasteiger partial charge is 0.326 e. The summed E-state index contributed by atoms with van der Waals surface area (Å²) in [6.07, 6.45) is 0.388. The molecule has 0 aliphatic heterocycles. The molecule has 0 unspecified atom stereocenters. The van der Waals surface area contributed by atoms with Crippen molar-refractivity contribution in [3.05, 3.63) is 61.6 Å². The molecule has 0 aliphatic rings. The molecule has 0 bridgehead atoms. The Balaban J connectivity index is 2.03. The van der Waals surface area contributed by atoms with Gasteiger partial charge in [0.2, 0.25) is 5.91 Å². The third kappa shape index (κ3) is 4.31. The Hall–Kier alpha value is -0.880. The van der Waals surface area contributed by atoms with Gasteiger partial charge in [-0.25, -0.2) is 0 Å². The molecular formula is C15H13BrINO. The molecular weight excluding hydrogens is 417 g/mol. The SMILES string of the molecule is Cc1cc(I)ccc1NC(=O)Cc1ccc(Br)cc1. The summed E-state index contributed by atoms with van der Waals surface area (Å²) in [5, 5.41) is 2.95. The molecule has 4 heteroatoms. The molecule has 0 aromatic heterocycles. The van der Waals surface area contributed by atoms with Gasteiger partial charge in [0.1, 0.15) is 0 Å². The van der Waals surface area contributed by atoms with Crippen molar-refractivity contribution < 1.29 is 4.79 Å². The van der Waals surface area contributed by atoms with E-state index in [0.717, 1.165) is 21.3 Å². The molecule has 1 N–H and O–H groups in total. The van der Waals surface area contributed by atoms with Crippen LogP contribution in [0.2, 0.25) is 0 Å². The zero-order chi connectivity index (χ0) is 13.8. The van der Waals surface area contributed by atoms with E-state index < -0.39 is 0 Å². The fraction of sp³-hybridized carbons (Fsp3) is 0.133. The van der Waals surface area contributed by atoms with Gasteiger partial charge in [0, 0.05) is 13.7 Å². The lowest BCUT2D eigenvalue weighted by Crippen LogP contribution is -2.15. The van der Waals surface area contributed by atoms with Gasteiger partial charge in [-0.2, -0.15) is 0 Å². The molecule has 0 heterocycles. The lowest BCUT2D eigenvalue weighted by atomic mass is 10.1. The van der Waals surface area contributed by atoms with Crippen LogP contribution in [-0.2, 0) is 11.2 Å². The average Bonchev–Trinajstić information content (AvgIpc) is 2.36. The third-order valence-electron chi connectivity index (χ3n) is 2.74. The van der Waals surface area contributed by atoms with Gasteiger partial charge < -0.3 is 5.32 Å². The van der Waals surface area contributed by atoms with E-state index in [0.29, 0.717) is 6.42 Å². The molecule has 2 rings (SSSR count). The fourth-order valence-electron chi connectivity index (χ4n) is 1.75. The van der Waals surface area contributed by atoms with Gasteiger partial charge in [-0.05, 0) is 71.0 Å². The highest BCUT2D eigenvalue weighted by Gasteiger charge is 2.06. The number of anilines is 1. The van der Waals surface area contributed by atoms with Gasteiger partial charge in [-0.15, -0.1) is 0 Å². The van der Waals surface area contributed by atoms with E-state index >= 15 is 0 Å². The second-order valence-corrected chi connectivity index (χ2v) is 6.47. The van der Waals surface area contributed by atoms with Gasteiger partial charge in [-0.3, -0.25) is 4.79 Å². The fourth-order valence-corrected chi connectivity index (χ4v) is 2.66. The average molecular weight is 430 g/mol. The monoisotopic (exact) mass is 429 g/mol. The summed E-state index contributed by atoms with van der Waals surface area (Å²) < 4.78 is 2.19. The number of carbonyl (C=O) groups excluding carboxylic acids is 1. The van der Waals surface area contributed by atoms with Gasteiger partial charge >= 0.3 is 0 Å². The summed E-state index contributed by atoms with van der Waals surface area (Å²) in [6, 6.07) is 13.8. The number of benzene rings is 2. The second-order valence-electron chi connectivity index (χ2n) is 4.31. The third-order valence-corrected chi connectivity index (χ3v) is 3.94. The molecule has 0 aliphatic carbocycles. The highest BCUT2D eigenvalue weighted by molar-refractivity contribution is 14.1. The molecule has 0 saturated carbocycles. The van der Waals surface area contributed by atoms with Crippen LogP contribution in [0.4, 0.5) is 5.69 Å². The maximum Gasteiger partial charge on any atom is 0.228 e. The van der Waals surface area contributed by atoms with Crippen LogP contribution in [0, 0.1) is 10.5 Å². The van der Waals surface area contributed by atoms with Crippen molar-refractivity contribution in [1.29, 1.82) is 0 Å².